The van der Waals surface area contributed by atoms with Crippen LogP contribution in [0.5, 0.6) is 0 Å². The second-order valence-electron chi connectivity index (χ2n) is 7.31. The number of likely N-dealkylation sites (tertiary alicyclic amines) is 1. The van der Waals surface area contributed by atoms with E-state index in [1.807, 2.05) is 18.7 Å². The van der Waals surface area contributed by atoms with Crippen molar-refractivity contribution in [3.8, 4) is 0 Å². The number of ether oxygens (including phenoxy) is 1. The summed E-state index contributed by atoms with van der Waals surface area (Å²) in [5.41, 5.74) is -0.539. The van der Waals surface area contributed by atoms with Gasteiger partial charge in [0.25, 0.3) is 0 Å². The molecule has 0 aliphatic carbocycles. The van der Waals surface area contributed by atoms with Crippen molar-refractivity contribution in [1.29, 1.82) is 0 Å². The highest BCUT2D eigenvalue weighted by atomic mass is 16.5. The first kappa shape index (κ1) is 15.6. The Bertz CT molecular complexity index is 368. The van der Waals surface area contributed by atoms with Crippen LogP contribution in [0, 0.1) is 5.92 Å². The molecular formula is C15H28N2O3. The number of aliphatic hydroxyl groups excluding tert-OH is 1. The number of nitrogens with zero attached hydrogens (tertiary/aromatic N) is 1. The SMILES string of the molecule is CC1(C)CC(NC(=O)N2CCCC(CO)C2)C(C)(C)O1. The molecular weight excluding hydrogens is 256 g/mol. The standard InChI is InChI=1S/C15H28N2O3/c1-14(2)8-12(15(3,4)20-14)16-13(19)17-7-5-6-11(9-17)10-18/h11-12,18H,5-10H2,1-4H3,(H,16,19). The lowest BCUT2D eigenvalue weighted by Gasteiger charge is -2.34. The fraction of sp³-hybridized carbons (Fsp3) is 0.933. The number of carbonyl (C=O) groups excluding carboxylic acids is 1. The van der Waals surface area contributed by atoms with E-state index < -0.39 is 0 Å². The van der Waals surface area contributed by atoms with Crippen molar-refractivity contribution in [1.82, 2.24) is 10.2 Å². The first-order valence-electron chi connectivity index (χ1n) is 7.60. The number of aliphatic hydroxyl groups is 1. The van der Waals surface area contributed by atoms with Crippen LogP contribution in [-0.2, 0) is 4.74 Å². The molecule has 2 fully saturated rings. The molecule has 2 N–H and O–H groups in total. The van der Waals surface area contributed by atoms with Gasteiger partial charge in [-0.15, -0.1) is 0 Å². The van der Waals surface area contributed by atoms with Crippen LogP contribution in [0.25, 0.3) is 0 Å². The molecule has 0 radical (unpaired) electrons. The molecule has 2 aliphatic heterocycles. The summed E-state index contributed by atoms with van der Waals surface area (Å²) in [6.07, 6.45) is 2.79. The predicted molar refractivity (Wildman–Crippen MR) is 77.6 cm³/mol. The van der Waals surface area contributed by atoms with Crippen LogP contribution in [0.2, 0.25) is 0 Å². The largest absolute Gasteiger partial charge is 0.396 e. The monoisotopic (exact) mass is 284 g/mol. The number of hydrogen-bond acceptors (Lipinski definition) is 3. The number of urea groups is 1. The van der Waals surface area contributed by atoms with Gasteiger partial charge in [-0.1, -0.05) is 0 Å². The normalized spacial score (nSPS) is 32.1. The summed E-state index contributed by atoms with van der Waals surface area (Å²) < 4.78 is 6.01. The minimum absolute atomic E-state index is 0.0254. The Labute approximate surface area is 121 Å². The molecule has 5 heteroatoms. The molecule has 2 aliphatic rings. The number of rotatable bonds is 2. The van der Waals surface area contributed by atoms with E-state index in [2.05, 4.69) is 19.2 Å². The smallest absolute Gasteiger partial charge is 0.317 e. The first-order chi connectivity index (χ1) is 9.23. The third kappa shape index (κ3) is 3.44. The van der Waals surface area contributed by atoms with Crippen molar-refractivity contribution in [3.63, 3.8) is 0 Å². The van der Waals surface area contributed by atoms with Crippen LogP contribution in [-0.4, -0.2) is 53.0 Å². The Morgan fingerprint density at radius 3 is 2.65 bits per heavy atom. The van der Waals surface area contributed by atoms with Gasteiger partial charge in [-0.05, 0) is 52.9 Å². The number of amides is 2. The first-order valence-corrected chi connectivity index (χ1v) is 7.60. The number of nitrogens with one attached hydrogen (secondary N) is 1. The molecule has 0 aromatic rings. The van der Waals surface area contributed by atoms with Gasteiger partial charge in [-0.3, -0.25) is 0 Å². The number of hydrogen-bond donors (Lipinski definition) is 2. The third-order valence-corrected chi connectivity index (χ3v) is 4.44. The highest BCUT2D eigenvalue weighted by Crippen LogP contribution is 2.37. The fourth-order valence-corrected chi connectivity index (χ4v) is 3.43. The number of carbonyl (C=O) groups is 1. The van der Waals surface area contributed by atoms with Crippen LogP contribution in [0.3, 0.4) is 0 Å². The van der Waals surface area contributed by atoms with Crippen LogP contribution in [0.4, 0.5) is 4.79 Å². The van der Waals surface area contributed by atoms with Crippen molar-refractivity contribution < 1.29 is 14.6 Å². The van der Waals surface area contributed by atoms with Gasteiger partial charge < -0.3 is 20.1 Å². The highest BCUT2D eigenvalue weighted by molar-refractivity contribution is 5.74. The lowest BCUT2D eigenvalue weighted by Crippen LogP contribution is -2.53. The van der Waals surface area contributed by atoms with Gasteiger partial charge in [0.05, 0.1) is 17.2 Å². The highest BCUT2D eigenvalue weighted by Gasteiger charge is 2.46. The van der Waals surface area contributed by atoms with Crippen LogP contribution in [0.15, 0.2) is 0 Å². The van der Waals surface area contributed by atoms with E-state index in [1.165, 1.54) is 0 Å². The minimum atomic E-state index is -0.342. The Kier molecular flexibility index (Phi) is 4.30. The van der Waals surface area contributed by atoms with Gasteiger partial charge in [0.1, 0.15) is 0 Å². The van der Waals surface area contributed by atoms with Crippen LogP contribution in [0.1, 0.15) is 47.0 Å². The van der Waals surface area contributed by atoms with E-state index in [9.17, 15) is 9.90 Å². The van der Waals surface area contributed by atoms with E-state index in [1.54, 1.807) is 0 Å². The second-order valence-corrected chi connectivity index (χ2v) is 7.31. The molecule has 0 aromatic carbocycles. The summed E-state index contributed by atoms with van der Waals surface area (Å²) in [6.45, 7) is 9.76. The molecule has 0 bridgehead atoms. The molecule has 0 spiro atoms. The maximum Gasteiger partial charge on any atom is 0.317 e. The van der Waals surface area contributed by atoms with Crippen LogP contribution >= 0.6 is 0 Å². The average molecular weight is 284 g/mol. The summed E-state index contributed by atoms with van der Waals surface area (Å²) >= 11 is 0. The third-order valence-electron chi connectivity index (χ3n) is 4.44. The Balaban J connectivity index is 1.94. The minimum Gasteiger partial charge on any atom is -0.396 e. The van der Waals surface area contributed by atoms with Crippen molar-refractivity contribution in [2.24, 2.45) is 5.92 Å². The molecule has 2 atom stereocenters. The van der Waals surface area contributed by atoms with Gasteiger partial charge >= 0.3 is 6.03 Å². The van der Waals surface area contributed by atoms with Gasteiger partial charge in [0, 0.05) is 19.7 Å². The van der Waals surface area contributed by atoms with Crippen molar-refractivity contribution >= 4 is 6.03 Å². The van der Waals surface area contributed by atoms with Crippen LogP contribution < -0.4 is 5.32 Å². The van der Waals surface area contributed by atoms with Gasteiger partial charge in [0.15, 0.2) is 0 Å². The summed E-state index contributed by atoms with van der Waals surface area (Å²) in [7, 11) is 0. The van der Waals surface area contributed by atoms with Crippen molar-refractivity contribution in [3.05, 3.63) is 0 Å². The summed E-state index contributed by atoms with van der Waals surface area (Å²) in [5.74, 6) is 0.221. The molecule has 2 amide bonds. The Morgan fingerprint density at radius 2 is 2.10 bits per heavy atom. The zero-order valence-corrected chi connectivity index (χ0v) is 13.1. The lowest BCUT2D eigenvalue weighted by molar-refractivity contribution is -0.0693. The van der Waals surface area contributed by atoms with E-state index in [0.29, 0.717) is 6.54 Å². The van der Waals surface area contributed by atoms with Gasteiger partial charge in [0.2, 0.25) is 0 Å². The quantitative estimate of drug-likeness (QED) is 0.812. The van der Waals surface area contributed by atoms with E-state index >= 15 is 0 Å². The zero-order valence-electron chi connectivity index (χ0n) is 13.1. The second kappa shape index (κ2) is 5.53. The molecule has 2 heterocycles. The molecule has 2 saturated heterocycles. The van der Waals surface area contributed by atoms with Gasteiger partial charge in [-0.2, -0.15) is 0 Å². The molecule has 2 unspecified atom stereocenters. The molecule has 0 saturated carbocycles. The Hall–Kier alpha value is -0.810. The maximum absolute atomic E-state index is 12.4. The molecule has 20 heavy (non-hydrogen) atoms. The fourth-order valence-electron chi connectivity index (χ4n) is 3.43. The maximum atomic E-state index is 12.4. The summed E-state index contributed by atoms with van der Waals surface area (Å²) in [5, 5.41) is 12.4. The molecule has 2 rings (SSSR count). The molecule has 116 valence electrons. The van der Waals surface area contributed by atoms with E-state index in [-0.39, 0.29) is 35.8 Å². The van der Waals surface area contributed by atoms with E-state index in [4.69, 9.17) is 4.74 Å². The average Bonchev–Trinajstić information content (AvgIpc) is 2.57. The molecule has 5 nitrogen and oxygen atoms in total. The Morgan fingerprint density at radius 1 is 1.40 bits per heavy atom. The summed E-state index contributed by atoms with van der Waals surface area (Å²) in [4.78, 5) is 14.2. The topological polar surface area (TPSA) is 61.8 Å². The lowest BCUT2D eigenvalue weighted by atomic mass is 9.94. The van der Waals surface area contributed by atoms with Crippen molar-refractivity contribution in [2.75, 3.05) is 19.7 Å². The van der Waals surface area contributed by atoms with Crippen molar-refractivity contribution in [2.45, 2.75) is 64.2 Å². The number of piperidine rings is 1. The zero-order chi connectivity index (χ0) is 15.0. The summed E-state index contributed by atoms with van der Waals surface area (Å²) in [6, 6.07) is 0.00188. The van der Waals surface area contributed by atoms with Gasteiger partial charge in [-0.25, -0.2) is 4.79 Å². The molecule has 0 aromatic heterocycles. The van der Waals surface area contributed by atoms with E-state index in [0.717, 1.165) is 25.8 Å². The predicted octanol–water partition coefficient (Wildman–Crippen LogP) is 1.75.